The van der Waals surface area contributed by atoms with Crippen LogP contribution in [0.2, 0.25) is 0 Å². The Balaban J connectivity index is 1.47. The fourth-order valence-electron chi connectivity index (χ4n) is 3.45. The van der Waals surface area contributed by atoms with E-state index in [1.165, 1.54) is 6.92 Å². The molecule has 3 rings (SSSR count). The fraction of sp³-hybridized carbons (Fsp3) is 0.364. The van der Waals surface area contributed by atoms with Gasteiger partial charge in [-0.1, -0.05) is 48.5 Å². The first-order chi connectivity index (χ1) is 13.6. The minimum absolute atomic E-state index is 0.0333. The van der Waals surface area contributed by atoms with E-state index >= 15 is 0 Å². The number of ether oxygens (including phenoxy) is 1. The molecule has 0 bridgehead atoms. The van der Waals surface area contributed by atoms with Gasteiger partial charge in [-0.05, 0) is 24.5 Å². The molecule has 1 fully saturated rings. The van der Waals surface area contributed by atoms with Crippen LogP contribution in [0.15, 0.2) is 54.6 Å². The van der Waals surface area contributed by atoms with Crippen LogP contribution in [0.5, 0.6) is 5.75 Å². The Morgan fingerprint density at radius 2 is 1.86 bits per heavy atom. The molecule has 2 aromatic carbocycles. The molecule has 1 aliphatic rings. The summed E-state index contributed by atoms with van der Waals surface area (Å²) in [6.07, 6.45) is 1.79. The Bertz CT molecular complexity index is 795. The lowest BCUT2D eigenvalue weighted by Gasteiger charge is -2.33. The molecule has 0 radical (unpaired) electrons. The summed E-state index contributed by atoms with van der Waals surface area (Å²) in [5.74, 6) is 0.740. The second-order valence-electron chi connectivity index (χ2n) is 6.93. The number of urea groups is 1. The van der Waals surface area contributed by atoms with Crippen LogP contribution in [0.25, 0.3) is 11.1 Å². The van der Waals surface area contributed by atoms with Crippen molar-refractivity contribution < 1.29 is 14.3 Å². The van der Waals surface area contributed by atoms with E-state index in [4.69, 9.17) is 4.74 Å². The second-order valence-corrected chi connectivity index (χ2v) is 6.93. The summed E-state index contributed by atoms with van der Waals surface area (Å²) in [5.41, 5.74) is 2.13. The van der Waals surface area contributed by atoms with Gasteiger partial charge in [-0.3, -0.25) is 4.79 Å². The van der Waals surface area contributed by atoms with Gasteiger partial charge in [0.25, 0.3) is 0 Å². The smallest absolute Gasteiger partial charge is 0.317 e. The van der Waals surface area contributed by atoms with E-state index in [9.17, 15) is 9.59 Å². The molecule has 1 aliphatic heterocycles. The SMILES string of the molecule is CC(=O)NC1CCCN(C(=O)NCCOc2ccccc2-c2ccccc2)C1. The lowest BCUT2D eigenvalue weighted by atomic mass is 10.1. The predicted octanol–water partition coefficient (Wildman–Crippen LogP) is 3.04. The first-order valence-corrected chi connectivity index (χ1v) is 9.70. The van der Waals surface area contributed by atoms with Crippen molar-refractivity contribution in [3.63, 3.8) is 0 Å². The number of benzene rings is 2. The number of nitrogens with one attached hydrogen (secondary N) is 2. The maximum Gasteiger partial charge on any atom is 0.317 e. The van der Waals surface area contributed by atoms with E-state index in [0.717, 1.165) is 29.7 Å². The molecule has 2 aromatic rings. The van der Waals surface area contributed by atoms with Gasteiger partial charge in [0.1, 0.15) is 12.4 Å². The number of amides is 3. The predicted molar refractivity (Wildman–Crippen MR) is 109 cm³/mol. The Morgan fingerprint density at radius 3 is 2.64 bits per heavy atom. The van der Waals surface area contributed by atoms with Crippen molar-refractivity contribution in [3.05, 3.63) is 54.6 Å². The zero-order chi connectivity index (χ0) is 19.8. The Kier molecular flexibility index (Phi) is 6.89. The van der Waals surface area contributed by atoms with Gasteiger partial charge in [-0.2, -0.15) is 0 Å². The van der Waals surface area contributed by atoms with Crippen LogP contribution in [-0.2, 0) is 4.79 Å². The molecule has 1 heterocycles. The lowest BCUT2D eigenvalue weighted by Crippen LogP contribution is -2.52. The third kappa shape index (κ3) is 5.49. The average Bonchev–Trinajstić information content (AvgIpc) is 2.72. The summed E-state index contributed by atoms with van der Waals surface area (Å²) in [5, 5.41) is 5.80. The van der Waals surface area contributed by atoms with Crippen LogP contribution in [0, 0.1) is 0 Å². The standard InChI is InChI=1S/C22H27N3O3/c1-17(26)24-19-10-7-14-25(16-19)22(27)23-13-15-28-21-12-6-5-11-20(21)18-8-3-2-4-9-18/h2-6,8-9,11-12,19H,7,10,13-16H2,1H3,(H,23,27)(H,24,26). The van der Waals surface area contributed by atoms with E-state index in [0.29, 0.717) is 26.2 Å². The Hall–Kier alpha value is -3.02. The molecule has 1 unspecified atom stereocenters. The van der Waals surface area contributed by atoms with Gasteiger partial charge in [0.05, 0.1) is 6.54 Å². The van der Waals surface area contributed by atoms with Gasteiger partial charge >= 0.3 is 6.03 Å². The van der Waals surface area contributed by atoms with Crippen molar-refractivity contribution in [1.82, 2.24) is 15.5 Å². The highest BCUT2D eigenvalue weighted by Gasteiger charge is 2.23. The summed E-state index contributed by atoms with van der Waals surface area (Å²) >= 11 is 0. The molecule has 0 aromatic heterocycles. The number of carbonyl (C=O) groups is 2. The van der Waals surface area contributed by atoms with E-state index in [1.807, 2.05) is 54.6 Å². The summed E-state index contributed by atoms with van der Waals surface area (Å²) < 4.78 is 5.91. The highest BCUT2D eigenvalue weighted by Crippen LogP contribution is 2.29. The second kappa shape index (κ2) is 9.78. The summed E-state index contributed by atoms with van der Waals surface area (Å²) in [7, 11) is 0. The van der Waals surface area contributed by atoms with Gasteiger partial charge in [0.2, 0.25) is 5.91 Å². The number of nitrogens with zero attached hydrogens (tertiary/aromatic N) is 1. The van der Waals surface area contributed by atoms with Crippen molar-refractivity contribution in [2.75, 3.05) is 26.2 Å². The molecule has 1 saturated heterocycles. The van der Waals surface area contributed by atoms with Crippen molar-refractivity contribution in [1.29, 1.82) is 0 Å². The third-order valence-corrected chi connectivity index (χ3v) is 4.72. The van der Waals surface area contributed by atoms with Crippen molar-refractivity contribution in [2.24, 2.45) is 0 Å². The molecule has 28 heavy (non-hydrogen) atoms. The zero-order valence-corrected chi connectivity index (χ0v) is 16.2. The first kappa shape index (κ1) is 19.7. The van der Waals surface area contributed by atoms with Crippen LogP contribution in [0.1, 0.15) is 19.8 Å². The third-order valence-electron chi connectivity index (χ3n) is 4.72. The minimum atomic E-state index is -0.116. The molecule has 6 nitrogen and oxygen atoms in total. The fourth-order valence-corrected chi connectivity index (χ4v) is 3.45. The molecule has 148 valence electrons. The molecule has 6 heteroatoms. The molecule has 0 spiro atoms. The van der Waals surface area contributed by atoms with Crippen LogP contribution in [0.4, 0.5) is 4.79 Å². The van der Waals surface area contributed by atoms with Gasteiger partial charge in [0, 0.05) is 31.6 Å². The summed E-state index contributed by atoms with van der Waals surface area (Å²) in [6, 6.07) is 17.9. The zero-order valence-electron chi connectivity index (χ0n) is 16.2. The number of rotatable bonds is 6. The highest BCUT2D eigenvalue weighted by molar-refractivity contribution is 5.75. The largest absolute Gasteiger partial charge is 0.491 e. The number of piperidine rings is 1. The first-order valence-electron chi connectivity index (χ1n) is 9.70. The van der Waals surface area contributed by atoms with Crippen LogP contribution < -0.4 is 15.4 Å². The van der Waals surface area contributed by atoms with E-state index < -0.39 is 0 Å². The quantitative estimate of drug-likeness (QED) is 0.756. The Morgan fingerprint density at radius 1 is 1.11 bits per heavy atom. The number of para-hydroxylation sites is 1. The summed E-state index contributed by atoms with van der Waals surface area (Å²) in [6.45, 7) is 3.56. The van der Waals surface area contributed by atoms with E-state index in [2.05, 4.69) is 10.6 Å². The molecule has 3 amide bonds. The molecule has 0 saturated carbocycles. The number of carbonyl (C=O) groups excluding carboxylic acids is 2. The van der Waals surface area contributed by atoms with Crippen LogP contribution in [-0.4, -0.2) is 49.1 Å². The molecule has 0 aliphatic carbocycles. The topological polar surface area (TPSA) is 70.7 Å². The average molecular weight is 381 g/mol. The van der Waals surface area contributed by atoms with E-state index in [-0.39, 0.29) is 18.0 Å². The number of likely N-dealkylation sites (tertiary alicyclic amines) is 1. The van der Waals surface area contributed by atoms with Crippen molar-refractivity contribution in [2.45, 2.75) is 25.8 Å². The number of hydrogen-bond donors (Lipinski definition) is 2. The van der Waals surface area contributed by atoms with Gasteiger partial charge < -0.3 is 20.3 Å². The van der Waals surface area contributed by atoms with Crippen molar-refractivity contribution in [3.8, 4) is 16.9 Å². The molecule has 2 N–H and O–H groups in total. The highest BCUT2D eigenvalue weighted by atomic mass is 16.5. The molecule has 1 atom stereocenters. The van der Waals surface area contributed by atoms with Crippen LogP contribution >= 0.6 is 0 Å². The van der Waals surface area contributed by atoms with Gasteiger partial charge in [-0.25, -0.2) is 4.79 Å². The van der Waals surface area contributed by atoms with E-state index in [1.54, 1.807) is 4.90 Å². The van der Waals surface area contributed by atoms with Gasteiger partial charge in [-0.15, -0.1) is 0 Å². The monoisotopic (exact) mass is 381 g/mol. The maximum absolute atomic E-state index is 12.4. The minimum Gasteiger partial charge on any atom is -0.491 e. The Labute approximate surface area is 165 Å². The lowest BCUT2D eigenvalue weighted by molar-refractivity contribution is -0.119. The van der Waals surface area contributed by atoms with Crippen LogP contribution in [0.3, 0.4) is 0 Å². The molecular weight excluding hydrogens is 354 g/mol. The summed E-state index contributed by atoms with van der Waals surface area (Å²) in [4.78, 5) is 25.3. The molecular formula is C22H27N3O3. The normalized spacial score (nSPS) is 16.3. The van der Waals surface area contributed by atoms with Crippen molar-refractivity contribution >= 4 is 11.9 Å². The maximum atomic E-state index is 12.4. The van der Waals surface area contributed by atoms with Gasteiger partial charge in [0.15, 0.2) is 0 Å². The number of hydrogen-bond acceptors (Lipinski definition) is 3.